The number of anilines is 3. The fourth-order valence-corrected chi connectivity index (χ4v) is 5.16. The molecule has 1 aliphatic carbocycles. The van der Waals surface area contributed by atoms with Gasteiger partial charge in [-0.05, 0) is 64.0 Å². The van der Waals surface area contributed by atoms with Gasteiger partial charge in [-0.15, -0.1) is 23.2 Å². The highest BCUT2D eigenvalue weighted by molar-refractivity contribution is 9.10. The monoisotopic (exact) mass is 623 g/mol. The number of nitrogens with one attached hydrogen (secondary N) is 2. The number of carbonyl (C=O) groups excluding carboxylic acids is 2. The van der Waals surface area contributed by atoms with Gasteiger partial charge in [0.25, 0.3) is 5.91 Å². The lowest BCUT2D eigenvalue weighted by atomic mass is 10.1. The SMILES string of the molecule is Nc1c(F)ccc(NC(=O)c2cc(NC(=O)[C@H]3[C@H](c4cc(F)c(F)c(Br)c4)C3(Cl)Cl)ccc2Cl)c1F. The summed E-state index contributed by atoms with van der Waals surface area (Å²) in [5.74, 6) is -7.76. The molecular weight excluding hydrogens is 613 g/mol. The van der Waals surface area contributed by atoms with Crippen molar-refractivity contribution >= 4 is 79.6 Å². The van der Waals surface area contributed by atoms with Crippen LogP contribution in [0.3, 0.4) is 0 Å². The van der Waals surface area contributed by atoms with E-state index in [9.17, 15) is 27.2 Å². The lowest BCUT2D eigenvalue weighted by Gasteiger charge is -2.11. The molecule has 3 aromatic rings. The quantitative estimate of drug-likeness (QED) is 0.123. The van der Waals surface area contributed by atoms with Crippen LogP contribution in [0.15, 0.2) is 46.9 Å². The Morgan fingerprint density at radius 3 is 2.31 bits per heavy atom. The topological polar surface area (TPSA) is 84.2 Å². The van der Waals surface area contributed by atoms with Gasteiger partial charge in [-0.2, -0.15) is 0 Å². The molecule has 1 fully saturated rings. The largest absolute Gasteiger partial charge is 0.394 e. The number of carbonyl (C=O) groups is 2. The molecule has 0 saturated heterocycles. The molecule has 0 spiro atoms. The van der Waals surface area contributed by atoms with E-state index in [-0.39, 0.29) is 32.0 Å². The third-order valence-electron chi connectivity index (χ3n) is 5.55. The molecule has 0 aliphatic heterocycles. The minimum Gasteiger partial charge on any atom is -0.394 e. The highest BCUT2D eigenvalue weighted by atomic mass is 79.9. The molecule has 1 saturated carbocycles. The van der Waals surface area contributed by atoms with Gasteiger partial charge in [0.2, 0.25) is 5.91 Å². The maximum atomic E-state index is 14.2. The molecule has 4 rings (SSSR count). The van der Waals surface area contributed by atoms with Crippen molar-refractivity contribution in [3.63, 3.8) is 0 Å². The Kier molecular flexibility index (Phi) is 7.18. The predicted molar refractivity (Wildman–Crippen MR) is 134 cm³/mol. The van der Waals surface area contributed by atoms with Gasteiger partial charge in [-0.3, -0.25) is 9.59 Å². The van der Waals surface area contributed by atoms with E-state index < -0.39 is 56.9 Å². The smallest absolute Gasteiger partial charge is 0.257 e. The fourth-order valence-electron chi connectivity index (χ4n) is 3.67. The number of nitrogens with two attached hydrogens (primary N) is 1. The Hall–Kier alpha value is -2.53. The van der Waals surface area contributed by atoms with Crippen molar-refractivity contribution in [2.24, 2.45) is 5.92 Å². The predicted octanol–water partition coefficient (Wildman–Crippen LogP) is 7.02. The molecule has 188 valence electrons. The van der Waals surface area contributed by atoms with Gasteiger partial charge in [0.15, 0.2) is 17.5 Å². The van der Waals surface area contributed by atoms with Crippen molar-refractivity contribution in [3.05, 3.63) is 86.4 Å². The first-order valence-corrected chi connectivity index (χ1v) is 11.9. The molecule has 1 aliphatic rings. The standard InChI is InChI=1S/C23H13BrCl3F4N3O2/c24-11-5-8(6-14(29)18(11)30)16-17(23(16,26)27)22(36)33-9-1-2-12(25)10(7-9)21(35)34-15-4-3-13(28)20(32)19(15)31/h1-7,16-17H,32H2,(H,33,36)(H,34,35)/t16-,17+/m0/s1. The van der Waals surface area contributed by atoms with E-state index in [2.05, 4.69) is 26.6 Å². The number of halogens is 8. The summed E-state index contributed by atoms with van der Waals surface area (Å²) in [4.78, 5) is 25.6. The van der Waals surface area contributed by atoms with Crippen molar-refractivity contribution < 1.29 is 27.2 Å². The summed E-state index contributed by atoms with van der Waals surface area (Å²) in [5, 5.41) is 4.75. The molecule has 0 aromatic heterocycles. The Balaban J connectivity index is 1.53. The maximum absolute atomic E-state index is 14.2. The Bertz CT molecular complexity index is 1400. The van der Waals surface area contributed by atoms with E-state index >= 15 is 0 Å². The van der Waals surface area contributed by atoms with E-state index in [0.29, 0.717) is 0 Å². The summed E-state index contributed by atoms with van der Waals surface area (Å²) in [6.07, 6.45) is 0. The summed E-state index contributed by atoms with van der Waals surface area (Å²) in [5.41, 5.74) is 4.35. The second-order valence-electron chi connectivity index (χ2n) is 7.89. The van der Waals surface area contributed by atoms with Crippen LogP contribution in [0.25, 0.3) is 0 Å². The highest BCUT2D eigenvalue weighted by Crippen LogP contribution is 2.65. The minimum atomic E-state index is -1.60. The average Bonchev–Trinajstić information content (AvgIpc) is 3.40. The number of hydrogen-bond acceptors (Lipinski definition) is 3. The van der Waals surface area contributed by atoms with Crippen LogP contribution in [0.2, 0.25) is 5.02 Å². The third-order valence-corrected chi connectivity index (χ3v) is 7.40. The fraction of sp³-hybridized carbons (Fsp3) is 0.130. The number of alkyl halides is 2. The molecule has 0 bridgehead atoms. The van der Waals surface area contributed by atoms with Crippen LogP contribution in [-0.4, -0.2) is 16.1 Å². The molecule has 0 heterocycles. The van der Waals surface area contributed by atoms with Crippen LogP contribution in [0, 0.1) is 29.2 Å². The average molecular weight is 626 g/mol. The van der Waals surface area contributed by atoms with E-state index in [1.165, 1.54) is 24.3 Å². The second kappa shape index (κ2) is 9.74. The molecule has 5 nitrogen and oxygen atoms in total. The van der Waals surface area contributed by atoms with Crippen LogP contribution >= 0.6 is 50.7 Å². The van der Waals surface area contributed by atoms with E-state index in [0.717, 1.165) is 18.2 Å². The summed E-state index contributed by atoms with van der Waals surface area (Å²) in [6.45, 7) is 0. The summed E-state index contributed by atoms with van der Waals surface area (Å²) in [6, 6.07) is 7.98. The number of nitrogen functional groups attached to an aromatic ring is 1. The van der Waals surface area contributed by atoms with Crippen LogP contribution in [0.1, 0.15) is 21.8 Å². The lowest BCUT2D eigenvalue weighted by molar-refractivity contribution is -0.117. The van der Waals surface area contributed by atoms with Gasteiger partial charge in [0.1, 0.15) is 15.8 Å². The Morgan fingerprint density at radius 1 is 0.944 bits per heavy atom. The normalized spacial score (nSPS) is 18.0. The Labute approximate surface area is 225 Å². The summed E-state index contributed by atoms with van der Waals surface area (Å²) >= 11 is 21.5. The van der Waals surface area contributed by atoms with Crippen molar-refractivity contribution in [3.8, 4) is 0 Å². The van der Waals surface area contributed by atoms with Gasteiger partial charge < -0.3 is 16.4 Å². The zero-order chi connectivity index (χ0) is 26.5. The van der Waals surface area contributed by atoms with Gasteiger partial charge >= 0.3 is 0 Å². The second-order valence-corrected chi connectivity index (χ2v) is 10.6. The van der Waals surface area contributed by atoms with Crippen molar-refractivity contribution in [2.45, 2.75) is 10.3 Å². The zero-order valence-corrected chi connectivity index (χ0v) is 21.5. The number of amides is 2. The molecule has 0 unspecified atom stereocenters. The zero-order valence-electron chi connectivity index (χ0n) is 17.6. The van der Waals surface area contributed by atoms with E-state index in [4.69, 9.17) is 40.5 Å². The van der Waals surface area contributed by atoms with E-state index in [1.54, 1.807) is 0 Å². The molecule has 2 amide bonds. The summed E-state index contributed by atoms with van der Waals surface area (Å²) in [7, 11) is 0. The summed E-state index contributed by atoms with van der Waals surface area (Å²) < 4.78 is 53.3. The van der Waals surface area contributed by atoms with Crippen LogP contribution in [0.4, 0.5) is 34.6 Å². The number of rotatable bonds is 5. The molecule has 3 aromatic carbocycles. The lowest BCUT2D eigenvalue weighted by Crippen LogP contribution is -2.18. The van der Waals surface area contributed by atoms with Crippen molar-refractivity contribution in [1.82, 2.24) is 0 Å². The molecule has 4 N–H and O–H groups in total. The van der Waals surface area contributed by atoms with Gasteiger partial charge in [-0.1, -0.05) is 11.6 Å². The first-order valence-electron chi connectivity index (χ1n) is 10.0. The van der Waals surface area contributed by atoms with Crippen molar-refractivity contribution in [1.29, 1.82) is 0 Å². The molecule has 0 radical (unpaired) electrons. The van der Waals surface area contributed by atoms with Gasteiger partial charge in [0.05, 0.1) is 26.7 Å². The van der Waals surface area contributed by atoms with Crippen LogP contribution < -0.4 is 16.4 Å². The van der Waals surface area contributed by atoms with Crippen LogP contribution in [0.5, 0.6) is 0 Å². The first-order chi connectivity index (χ1) is 16.8. The molecule has 36 heavy (non-hydrogen) atoms. The Morgan fingerprint density at radius 2 is 1.64 bits per heavy atom. The molecule has 2 atom stereocenters. The number of hydrogen-bond donors (Lipinski definition) is 3. The minimum absolute atomic E-state index is 0.0269. The third kappa shape index (κ3) is 4.87. The van der Waals surface area contributed by atoms with Gasteiger partial charge in [-0.25, -0.2) is 17.6 Å². The molecule has 13 heteroatoms. The maximum Gasteiger partial charge on any atom is 0.257 e. The highest BCUT2D eigenvalue weighted by Gasteiger charge is 2.67. The van der Waals surface area contributed by atoms with Gasteiger partial charge in [0, 0.05) is 11.6 Å². The van der Waals surface area contributed by atoms with E-state index in [1.807, 2.05) is 0 Å². The van der Waals surface area contributed by atoms with Crippen LogP contribution in [-0.2, 0) is 4.79 Å². The van der Waals surface area contributed by atoms with Crippen molar-refractivity contribution in [2.75, 3.05) is 16.4 Å². The molecular formula is C23H13BrCl3F4N3O2. The number of benzene rings is 3. The first kappa shape index (κ1) is 26.5.